The molecule has 1 saturated carbocycles. The summed E-state index contributed by atoms with van der Waals surface area (Å²) in [4.78, 5) is 15.9. The Kier molecular flexibility index (Phi) is 3.00. The molecular formula is C14H16N2O2. The summed E-state index contributed by atoms with van der Waals surface area (Å²) in [5.74, 6) is 0.0979. The first-order valence-electron chi connectivity index (χ1n) is 6.43. The van der Waals surface area contributed by atoms with Crippen LogP contribution in [0.1, 0.15) is 31.2 Å². The molecule has 1 aromatic carbocycles. The maximum Gasteiger partial charge on any atom is 0.224 e. The standard InChI is InChI=1S/C14H16N2O2/c17-14(16-11-3-1-2-4-11)8-10-5-6-12-13(7-10)18-9-15-12/h5-7,9,11H,1-4,8H2,(H,16,17). The van der Waals surface area contributed by atoms with Crippen LogP contribution in [0, 0.1) is 0 Å². The number of nitrogens with zero attached hydrogens (tertiary/aromatic N) is 1. The topological polar surface area (TPSA) is 55.1 Å². The molecule has 0 bridgehead atoms. The zero-order valence-corrected chi connectivity index (χ0v) is 10.2. The van der Waals surface area contributed by atoms with Crippen LogP contribution < -0.4 is 5.32 Å². The molecule has 0 unspecified atom stereocenters. The average Bonchev–Trinajstić information content (AvgIpc) is 2.98. The molecule has 0 aliphatic heterocycles. The van der Waals surface area contributed by atoms with E-state index in [1.807, 2.05) is 18.2 Å². The lowest BCUT2D eigenvalue weighted by Gasteiger charge is -2.11. The molecule has 1 aromatic heterocycles. The van der Waals surface area contributed by atoms with E-state index in [9.17, 15) is 4.79 Å². The Morgan fingerprint density at radius 1 is 1.39 bits per heavy atom. The van der Waals surface area contributed by atoms with E-state index < -0.39 is 0 Å². The van der Waals surface area contributed by atoms with Gasteiger partial charge in [0, 0.05) is 6.04 Å². The minimum absolute atomic E-state index is 0.0979. The van der Waals surface area contributed by atoms with Gasteiger partial charge in [-0.1, -0.05) is 18.9 Å². The predicted molar refractivity (Wildman–Crippen MR) is 68.1 cm³/mol. The summed E-state index contributed by atoms with van der Waals surface area (Å²) in [5.41, 5.74) is 2.53. The van der Waals surface area contributed by atoms with Crippen LogP contribution in [-0.2, 0) is 11.2 Å². The summed E-state index contributed by atoms with van der Waals surface area (Å²) in [6.07, 6.45) is 6.53. The van der Waals surface area contributed by atoms with Gasteiger partial charge in [0.1, 0.15) is 5.52 Å². The lowest BCUT2D eigenvalue weighted by Crippen LogP contribution is -2.33. The maximum atomic E-state index is 11.9. The van der Waals surface area contributed by atoms with Crippen molar-refractivity contribution < 1.29 is 9.21 Å². The van der Waals surface area contributed by atoms with E-state index in [0.717, 1.165) is 29.5 Å². The van der Waals surface area contributed by atoms with Gasteiger partial charge in [0.15, 0.2) is 12.0 Å². The van der Waals surface area contributed by atoms with Gasteiger partial charge in [0.25, 0.3) is 0 Å². The second kappa shape index (κ2) is 4.80. The number of amides is 1. The molecular weight excluding hydrogens is 228 g/mol. The second-order valence-electron chi connectivity index (χ2n) is 4.88. The third kappa shape index (κ3) is 2.37. The SMILES string of the molecule is O=C(Cc1ccc2ncoc2c1)NC1CCCC1. The number of fused-ring (bicyclic) bond motifs is 1. The third-order valence-corrected chi connectivity index (χ3v) is 3.48. The van der Waals surface area contributed by atoms with Crippen LogP contribution in [0.2, 0.25) is 0 Å². The van der Waals surface area contributed by atoms with E-state index in [4.69, 9.17) is 4.42 Å². The molecule has 3 rings (SSSR count). The largest absolute Gasteiger partial charge is 0.443 e. The third-order valence-electron chi connectivity index (χ3n) is 3.48. The Balaban J connectivity index is 1.65. The number of nitrogens with one attached hydrogen (secondary N) is 1. The van der Waals surface area contributed by atoms with Crippen LogP contribution in [-0.4, -0.2) is 16.9 Å². The van der Waals surface area contributed by atoms with Crippen molar-refractivity contribution in [3.8, 4) is 0 Å². The fourth-order valence-electron chi connectivity index (χ4n) is 2.54. The fourth-order valence-corrected chi connectivity index (χ4v) is 2.54. The number of carbonyl (C=O) groups is 1. The molecule has 1 aliphatic carbocycles. The van der Waals surface area contributed by atoms with Crippen LogP contribution in [0.25, 0.3) is 11.1 Å². The lowest BCUT2D eigenvalue weighted by molar-refractivity contribution is -0.121. The van der Waals surface area contributed by atoms with Crippen LogP contribution in [0.3, 0.4) is 0 Å². The maximum absolute atomic E-state index is 11.9. The molecule has 1 fully saturated rings. The molecule has 1 heterocycles. The van der Waals surface area contributed by atoms with Crippen molar-refractivity contribution in [2.75, 3.05) is 0 Å². The Hall–Kier alpha value is -1.84. The summed E-state index contributed by atoms with van der Waals surface area (Å²) in [7, 11) is 0. The second-order valence-corrected chi connectivity index (χ2v) is 4.88. The molecule has 4 nitrogen and oxygen atoms in total. The molecule has 0 radical (unpaired) electrons. The Morgan fingerprint density at radius 3 is 3.06 bits per heavy atom. The monoisotopic (exact) mass is 244 g/mol. The summed E-state index contributed by atoms with van der Waals surface area (Å²) in [6.45, 7) is 0. The van der Waals surface area contributed by atoms with Gasteiger partial charge in [-0.2, -0.15) is 0 Å². The van der Waals surface area contributed by atoms with Crippen molar-refractivity contribution >= 4 is 17.0 Å². The average molecular weight is 244 g/mol. The zero-order chi connectivity index (χ0) is 12.4. The van der Waals surface area contributed by atoms with Crippen LogP contribution >= 0.6 is 0 Å². The van der Waals surface area contributed by atoms with Crippen molar-refractivity contribution in [3.63, 3.8) is 0 Å². The van der Waals surface area contributed by atoms with Gasteiger partial charge in [-0.05, 0) is 30.5 Å². The smallest absolute Gasteiger partial charge is 0.224 e. The molecule has 1 aliphatic rings. The first-order valence-corrected chi connectivity index (χ1v) is 6.43. The fraction of sp³-hybridized carbons (Fsp3) is 0.429. The molecule has 18 heavy (non-hydrogen) atoms. The first kappa shape index (κ1) is 11.3. The van der Waals surface area contributed by atoms with E-state index in [1.165, 1.54) is 19.2 Å². The van der Waals surface area contributed by atoms with Gasteiger partial charge >= 0.3 is 0 Å². The molecule has 1 amide bonds. The van der Waals surface area contributed by atoms with Crippen molar-refractivity contribution in [2.45, 2.75) is 38.1 Å². The van der Waals surface area contributed by atoms with Crippen LogP contribution in [0.15, 0.2) is 29.0 Å². The molecule has 2 aromatic rings. The summed E-state index contributed by atoms with van der Waals surface area (Å²) in [6, 6.07) is 6.08. The number of rotatable bonds is 3. The van der Waals surface area contributed by atoms with Crippen molar-refractivity contribution in [3.05, 3.63) is 30.2 Å². The highest BCUT2D eigenvalue weighted by atomic mass is 16.3. The van der Waals surface area contributed by atoms with Crippen LogP contribution in [0.5, 0.6) is 0 Å². The number of carbonyl (C=O) groups excluding carboxylic acids is 1. The predicted octanol–water partition coefficient (Wildman–Crippen LogP) is 2.43. The highest BCUT2D eigenvalue weighted by Crippen LogP contribution is 2.18. The van der Waals surface area contributed by atoms with E-state index in [1.54, 1.807) is 0 Å². The van der Waals surface area contributed by atoms with E-state index in [-0.39, 0.29) is 5.91 Å². The number of hydrogen-bond donors (Lipinski definition) is 1. The van der Waals surface area contributed by atoms with Crippen LogP contribution in [0.4, 0.5) is 0 Å². The number of aromatic nitrogens is 1. The molecule has 1 N–H and O–H groups in total. The Morgan fingerprint density at radius 2 is 2.22 bits per heavy atom. The molecule has 0 saturated heterocycles. The molecule has 94 valence electrons. The quantitative estimate of drug-likeness (QED) is 0.902. The first-order chi connectivity index (χ1) is 8.81. The summed E-state index contributed by atoms with van der Waals surface area (Å²) < 4.78 is 5.23. The highest BCUT2D eigenvalue weighted by molar-refractivity contribution is 5.81. The number of oxazole rings is 1. The van der Waals surface area contributed by atoms with Gasteiger partial charge in [-0.15, -0.1) is 0 Å². The van der Waals surface area contributed by atoms with Crippen molar-refractivity contribution in [1.82, 2.24) is 10.3 Å². The van der Waals surface area contributed by atoms with E-state index in [2.05, 4.69) is 10.3 Å². The zero-order valence-electron chi connectivity index (χ0n) is 10.2. The van der Waals surface area contributed by atoms with E-state index in [0.29, 0.717) is 12.5 Å². The lowest BCUT2D eigenvalue weighted by atomic mass is 10.1. The van der Waals surface area contributed by atoms with Crippen molar-refractivity contribution in [2.24, 2.45) is 0 Å². The van der Waals surface area contributed by atoms with Gasteiger partial charge in [0.05, 0.1) is 6.42 Å². The van der Waals surface area contributed by atoms with Gasteiger partial charge in [-0.3, -0.25) is 4.79 Å². The summed E-state index contributed by atoms with van der Waals surface area (Å²) >= 11 is 0. The molecule has 0 atom stereocenters. The number of benzene rings is 1. The van der Waals surface area contributed by atoms with Gasteiger partial charge in [0.2, 0.25) is 5.91 Å². The minimum atomic E-state index is 0.0979. The normalized spacial score (nSPS) is 16.2. The highest BCUT2D eigenvalue weighted by Gasteiger charge is 2.17. The Labute approximate surface area is 105 Å². The van der Waals surface area contributed by atoms with E-state index >= 15 is 0 Å². The van der Waals surface area contributed by atoms with Gasteiger partial charge < -0.3 is 9.73 Å². The Bertz CT molecular complexity index is 556. The molecule has 4 heteroatoms. The minimum Gasteiger partial charge on any atom is -0.443 e. The van der Waals surface area contributed by atoms with Crippen molar-refractivity contribution in [1.29, 1.82) is 0 Å². The molecule has 0 spiro atoms. The summed E-state index contributed by atoms with van der Waals surface area (Å²) in [5, 5.41) is 3.08. The number of hydrogen-bond acceptors (Lipinski definition) is 3. The van der Waals surface area contributed by atoms with Gasteiger partial charge in [-0.25, -0.2) is 4.98 Å².